The molecule has 7 nitrogen and oxygen atoms in total. The smallest absolute Gasteiger partial charge is 0.404 e. The average molecular weight is 355 g/mol. The topological polar surface area (TPSA) is 79.4 Å². The van der Waals surface area contributed by atoms with Crippen LogP contribution in [-0.4, -0.2) is 36.5 Å². The summed E-state index contributed by atoms with van der Waals surface area (Å²) < 4.78 is 41.0. The minimum absolute atomic E-state index is 0.0808. The second-order valence-corrected chi connectivity index (χ2v) is 5.09. The zero-order valence-electron chi connectivity index (χ0n) is 13.5. The van der Waals surface area contributed by atoms with Gasteiger partial charge in [-0.15, -0.1) is 13.2 Å². The fourth-order valence-electron chi connectivity index (χ4n) is 1.82. The van der Waals surface area contributed by atoms with E-state index in [4.69, 9.17) is 0 Å². The molecule has 2 amide bonds. The SMILES string of the molecule is CN(C)c1nccc(CNC(=O)Nc2ccccc2OC(F)(F)F)n1. The molecule has 0 saturated carbocycles. The number of nitrogens with zero attached hydrogens (tertiary/aromatic N) is 3. The van der Waals surface area contributed by atoms with Gasteiger partial charge in [0.25, 0.3) is 0 Å². The molecule has 2 aromatic rings. The number of rotatable bonds is 5. The maximum Gasteiger partial charge on any atom is 0.573 e. The molecule has 0 unspecified atom stereocenters. The number of benzene rings is 1. The number of carbonyl (C=O) groups is 1. The van der Waals surface area contributed by atoms with E-state index in [9.17, 15) is 18.0 Å². The summed E-state index contributed by atoms with van der Waals surface area (Å²) in [6.45, 7) is 0.0808. The minimum atomic E-state index is -4.85. The Morgan fingerprint density at radius 3 is 2.64 bits per heavy atom. The largest absolute Gasteiger partial charge is 0.573 e. The monoisotopic (exact) mass is 355 g/mol. The first-order valence-electron chi connectivity index (χ1n) is 7.13. The summed E-state index contributed by atoms with van der Waals surface area (Å²) in [5.74, 6) is -0.0225. The van der Waals surface area contributed by atoms with Crippen LogP contribution in [0.2, 0.25) is 0 Å². The second-order valence-electron chi connectivity index (χ2n) is 5.09. The molecule has 134 valence electrons. The van der Waals surface area contributed by atoms with Gasteiger partial charge in [-0.25, -0.2) is 14.8 Å². The van der Waals surface area contributed by atoms with Crippen molar-refractivity contribution >= 4 is 17.7 Å². The Hall–Kier alpha value is -3.04. The Labute approximate surface area is 141 Å². The molecule has 0 aliphatic rings. The number of urea groups is 1. The summed E-state index contributed by atoms with van der Waals surface area (Å²) in [4.78, 5) is 21.9. The maximum absolute atomic E-state index is 12.4. The Morgan fingerprint density at radius 2 is 1.96 bits per heavy atom. The molecule has 0 radical (unpaired) electrons. The molecular weight excluding hydrogens is 339 g/mol. The van der Waals surface area contributed by atoms with Gasteiger partial charge in [0.2, 0.25) is 5.95 Å². The Balaban J connectivity index is 1.98. The van der Waals surface area contributed by atoms with Gasteiger partial charge in [-0.1, -0.05) is 12.1 Å². The highest BCUT2D eigenvalue weighted by Gasteiger charge is 2.32. The van der Waals surface area contributed by atoms with Crippen LogP contribution in [0, 0.1) is 0 Å². The predicted molar refractivity (Wildman–Crippen MR) is 85.3 cm³/mol. The zero-order valence-corrected chi connectivity index (χ0v) is 13.5. The van der Waals surface area contributed by atoms with E-state index in [-0.39, 0.29) is 12.2 Å². The van der Waals surface area contributed by atoms with Crippen molar-refractivity contribution in [1.82, 2.24) is 15.3 Å². The minimum Gasteiger partial charge on any atom is -0.404 e. The van der Waals surface area contributed by atoms with Crippen molar-refractivity contribution in [2.24, 2.45) is 0 Å². The van der Waals surface area contributed by atoms with E-state index in [2.05, 4.69) is 25.3 Å². The third kappa shape index (κ3) is 5.83. The molecule has 2 rings (SSSR count). The fourth-order valence-corrected chi connectivity index (χ4v) is 1.82. The lowest BCUT2D eigenvalue weighted by molar-refractivity contribution is -0.274. The van der Waals surface area contributed by atoms with E-state index in [0.29, 0.717) is 11.6 Å². The lowest BCUT2D eigenvalue weighted by Gasteiger charge is -2.14. The molecule has 0 spiro atoms. The van der Waals surface area contributed by atoms with Gasteiger partial charge in [-0.3, -0.25) is 0 Å². The molecule has 1 aromatic carbocycles. The lowest BCUT2D eigenvalue weighted by atomic mass is 10.3. The molecule has 1 aromatic heterocycles. The van der Waals surface area contributed by atoms with Crippen LogP contribution in [0.3, 0.4) is 0 Å². The number of aromatic nitrogens is 2. The first-order valence-corrected chi connectivity index (χ1v) is 7.13. The standard InChI is InChI=1S/C15H16F3N5O2/c1-23(2)13-19-8-7-10(21-13)9-20-14(24)22-11-5-3-4-6-12(11)25-15(16,17)18/h3-8H,9H2,1-2H3,(H2,20,22,24). The molecule has 0 fully saturated rings. The number of alkyl halides is 3. The molecule has 0 bridgehead atoms. The number of hydrogen-bond acceptors (Lipinski definition) is 5. The third-order valence-corrected chi connectivity index (χ3v) is 2.89. The number of ether oxygens (including phenoxy) is 1. The summed E-state index contributed by atoms with van der Waals surface area (Å²) in [6, 6.07) is 6.18. The van der Waals surface area contributed by atoms with Gasteiger partial charge in [0.1, 0.15) is 0 Å². The van der Waals surface area contributed by atoms with Gasteiger partial charge in [-0.05, 0) is 18.2 Å². The van der Waals surface area contributed by atoms with Crippen molar-refractivity contribution in [3.8, 4) is 5.75 Å². The molecule has 25 heavy (non-hydrogen) atoms. The van der Waals surface area contributed by atoms with Crippen LogP contribution < -0.4 is 20.3 Å². The van der Waals surface area contributed by atoms with Crippen LogP contribution in [0.25, 0.3) is 0 Å². The second kappa shape index (κ2) is 7.69. The maximum atomic E-state index is 12.4. The quantitative estimate of drug-likeness (QED) is 0.862. The number of hydrogen-bond donors (Lipinski definition) is 2. The van der Waals surface area contributed by atoms with Gasteiger partial charge < -0.3 is 20.3 Å². The van der Waals surface area contributed by atoms with Gasteiger partial charge >= 0.3 is 12.4 Å². The van der Waals surface area contributed by atoms with Gasteiger partial charge in [-0.2, -0.15) is 0 Å². The van der Waals surface area contributed by atoms with Crippen LogP contribution in [0.4, 0.5) is 29.6 Å². The molecule has 2 N–H and O–H groups in total. The number of amides is 2. The van der Waals surface area contributed by atoms with Crippen LogP contribution in [0.15, 0.2) is 36.5 Å². The number of para-hydroxylation sites is 2. The van der Waals surface area contributed by atoms with Crippen LogP contribution in [-0.2, 0) is 6.54 Å². The highest BCUT2D eigenvalue weighted by atomic mass is 19.4. The third-order valence-electron chi connectivity index (χ3n) is 2.89. The van der Waals surface area contributed by atoms with E-state index < -0.39 is 18.1 Å². The first-order chi connectivity index (χ1) is 11.7. The van der Waals surface area contributed by atoms with E-state index in [0.717, 1.165) is 6.07 Å². The lowest BCUT2D eigenvalue weighted by Crippen LogP contribution is -2.29. The van der Waals surface area contributed by atoms with Crippen molar-refractivity contribution < 1.29 is 22.7 Å². The summed E-state index contributed by atoms with van der Waals surface area (Å²) in [5, 5.41) is 4.82. The summed E-state index contributed by atoms with van der Waals surface area (Å²) in [7, 11) is 3.55. The fraction of sp³-hybridized carbons (Fsp3) is 0.267. The Bertz CT molecular complexity index is 737. The van der Waals surface area contributed by atoms with Crippen molar-refractivity contribution in [1.29, 1.82) is 0 Å². The zero-order chi connectivity index (χ0) is 18.4. The van der Waals surface area contributed by atoms with Gasteiger partial charge in [0, 0.05) is 20.3 Å². The van der Waals surface area contributed by atoms with Crippen LogP contribution in [0.1, 0.15) is 5.69 Å². The normalized spacial score (nSPS) is 10.9. The highest BCUT2D eigenvalue weighted by molar-refractivity contribution is 5.90. The number of halogens is 3. The molecular formula is C15H16F3N5O2. The summed E-state index contributed by atoms with van der Waals surface area (Å²) in [6.07, 6.45) is -3.30. The average Bonchev–Trinajstić information content (AvgIpc) is 2.54. The Kier molecular flexibility index (Phi) is 5.63. The number of anilines is 2. The molecule has 0 aliphatic heterocycles. The van der Waals surface area contributed by atoms with E-state index >= 15 is 0 Å². The number of nitrogens with one attached hydrogen (secondary N) is 2. The van der Waals surface area contributed by atoms with Crippen LogP contribution in [0.5, 0.6) is 5.75 Å². The van der Waals surface area contributed by atoms with E-state index in [1.807, 2.05) is 0 Å². The molecule has 1 heterocycles. The Morgan fingerprint density at radius 1 is 1.24 bits per heavy atom. The van der Waals surface area contributed by atoms with E-state index in [1.54, 1.807) is 31.3 Å². The van der Waals surface area contributed by atoms with Crippen molar-refractivity contribution in [2.45, 2.75) is 12.9 Å². The van der Waals surface area contributed by atoms with Crippen LogP contribution >= 0.6 is 0 Å². The van der Waals surface area contributed by atoms with Crippen molar-refractivity contribution in [3.05, 3.63) is 42.2 Å². The van der Waals surface area contributed by atoms with Crippen molar-refractivity contribution in [2.75, 3.05) is 24.3 Å². The highest BCUT2D eigenvalue weighted by Crippen LogP contribution is 2.29. The van der Waals surface area contributed by atoms with Gasteiger partial charge in [0.05, 0.1) is 17.9 Å². The van der Waals surface area contributed by atoms with E-state index in [1.165, 1.54) is 18.2 Å². The molecule has 10 heteroatoms. The number of carbonyl (C=O) groups excluding carboxylic acids is 1. The summed E-state index contributed by atoms with van der Waals surface area (Å²) in [5.41, 5.74) is 0.447. The predicted octanol–water partition coefficient (Wildman–Crippen LogP) is 2.76. The molecule has 0 atom stereocenters. The van der Waals surface area contributed by atoms with Gasteiger partial charge in [0.15, 0.2) is 5.75 Å². The summed E-state index contributed by atoms with van der Waals surface area (Å²) >= 11 is 0. The first kappa shape index (κ1) is 18.3. The molecule has 0 aliphatic carbocycles. The molecule has 0 saturated heterocycles. The van der Waals surface area contributed by atoms with Crippen molar-refractivity contribution in [3.63, 3.8) is 0 Å².